The van der Waals surface area contributed by atoms with Crippen LogP contribution in [0, 0.1) is 0 Å². The topological polar surface area (TPSA) is 18.5 Å². The lowest BCUT2D eigenvalue weighted by molar-refractivity contribution is -0.149. The molecule has 0 aromatic heterocycles. The van der Waals surface area contributed by atoms with E-state index in [0.717, 1.165) is 6.54 Å². The van der Waals surface area contributed by atoms with Crippen molar-refractivity contribution >= 4 is 0 Å². The Kier molecular flexibility index (Phi) is 4.80. The molecule has 1 rings (SSSR count). The summed E-state index contributed by atoms with van der Waals surface area (Å²) >= 11 is 0. The van der Waals surface area contributed by atoms with Crippen LogP contribution in [0.4, 0.5) is 13.2 Å². The van der Waals surface area contributed by atoms with Crippen molar-refractivity contribution < 1.29 is 13.2 Å². The van der Waals surface area contributed by atoms with Crippen molar-refractivity contribution in [2.24, 2.45) is 0 Å². The molecule has 0 bridgehead atoms. The van der Waals surface area contributed by atoms with Crippen LogP contribution in [-0.2, 0) is 0 Å². The van der Waals surface area contributed by atoms with E-state index in [-0.39, 0.29) is 5.54 Å². The molecule has 0 unspecified atom stereocenters. The molecule has 17 heavy (non-hydrogen) atoms. The lowest BCUT2D eigenvalue weighted by atomic mass is 10.0. The first-order valence-corrected chi connectivity index (χ1v) is 5.92. The van der Waals surface area contributed by atoms with Gasteiger partial charge in [-0.25, -0.2) is 0 Å². The Morgan fingerprint density at radius 1 is 0.941 bits per heavy atom. The molecule has 0 amide bonds. The van der Waals surface area contributed by atoms with E-state index in [4.69, 9.17) is 0 Å². The van der Waals surface area contributed by atoms with Crippen LogP contribution in [0.1, 0.15) is 13.8 Å². The van der Waals surface area contributed by atoms with Gasteiger partial charge < -0.3 is 5.32 Å². The van der Waals surface area contributed by atoms with Crippen molar-refractivity contribution in [3.05, 3.63) is 0 Å². The molecule has 0 aromatic carbocycles. The largest absolute Gasteiger partial charge is 0.401 e. The van der Waals surface area contributed by atoms with Gasteiger partial charge >= 0.3 is 6.18 Å². The summed E-state index contributed by atoms with van der Waals surface area (Å²) in [6.07, 6.45) is -4.08. The average Bonchev–Trinajstić information content (AvgIpc) is 2.19. The van der Waals surface area contributed by atoms with Crippen LogP contribution in [0.2, 0.25) is 0 Å². The molecular formula is C11H22F3N3. The minimum Gasteiger partial charge on any atom is -0.314 e. The molecule has 1 heterocycles. The van der Waals surface area contributed by atoms with Gasteiger partial charge in [0.25, 0.3) is 0 Å². The zero-order valence-electron chi connectivity index (χ0n) is 10.8. The van der Waals surface area contributed by atoms with Crippen LogP contribution < -0.4 is 5.32 Å². The number of nitrogens with one attached hydrogen (secondary N) is 1. The fourth-order valence-corrected chi connectivity index (χ4v) is 2.00. The Labute approximate surface area is 101 Å². The SMILES string of the molecule is CNC(C)(C)CN1CCN(CC(F)(F)F)CC1. The molecule has 0 radical (unpaired) electrons. The smallest absolute Gasteiger partial charge is 0.314 e. The van der Waals surface area contributed by atoms with Crippen molar-refractivity contribution in [2.45, 2.75) is 25.6 Å². The van der Waals surface area contributed by atoms with E-state index in [1.54, 1.807) is 0 Å². The van der Waals surface area contributed by atoms with Gasteiger partial charge in [-0.2, -0.15) is 13.2 Å². The molecule has 0 spiro atoms. The highest BCUT2D eigenvalue weighted by Gasteiger charge is 2.32. The Morgan fingerprint density at radius 3 is 1.71 bits per heavy atom. The summed E-state index contributed by atoms with van der Waals surface area (Å²) in [6, 6.07) is 0. The lowest BCUT2D eigenvalue weighted by Gasteiger charge is -2.39. The van der Waals surface area contributed by atoms with Gasteiger partial charge in [0.2, 0.25) is 0 Å². The minimum atomic E-state index is -4.08. The molecule has 1 aliphatic rings. The summed E-state index contributed by atoms with van der Waals surface area (Å²) < 4.78 is 36.6. The molecule has 0 saturated carbocycles. The maximum atomic E-state index is 12.2. The normalized spacial score (nSPS) is 20.8. The number of alkyl halides is 3. The van der Waals surface area contributed by atoms with E-state index in [1.807, 2.05) is 7.05 Å². The summed E-state index contributed by atoms with van der Waals surface area (Å²) in [5.74, 6) is 0. The van der Waals surface area contributed by atoms with Crippen molar-refractivity contribution in [2.75, 3.05) is 46.3 Å². The zero-order valence-corrected chi connectivity index (χ0v) is 10.8. The second-order valence-corrected chi connectivity index (χ2v) is 5.30. The summed E-state index contributed by atoms with van der Waals surface area (Å²) in [6.45, 7) is 6.69. The first-order valence-electron chi connectivity index (χ1n) is 5.92. The first kappa shape index (κ1) is 14.7. The molecule has 1 aliphatic heterocycles. The van der Waals surface area contributed by atoms with Gasteiger partial charge in [-0.3, -0.25) is 9.80 Å². The number of rotatable bonds is 4. The van der Waals surface area contributed by atoms with Crippen LogP contribution >= 0.6 is 0 Å². The number of hydrogen-bond donors (Lipinski definition) is 1. The lowest BCUT2D eigenvalue weighted by Crippen LogP contribution is -2.54. The number of hydrogen-bond acceptors (Lipinski definition) is 3. The van der Waals surface area contributed by atoms with E-state index in [1.165, 1.54) is 4.90 Å². The molecule has 1 fully saturated rings. The Morgan fingerprint density at radius 2 is 1.35 bits per heavy atom. The second-order valence-electron chi connectivity index (χ2n) is 5.30. The van der Waals surface area contributed by atoms with Gasteiger partial charge in [0.05, 0.1) is 6.54 Å². The van der Waals surface area contributed by atoms with E-state index >= 15 is 0 Å². The Bertz CT molecular complexity index is 233. The zero-order chi connectivity index (χ0) is 13.1. The number of likely N-dealkylation sites (N-methyl/N-ethyl adjacent to an activating group) is 1. The van der Waals surface area contributed by atoms with Crippen LogP contribution in [0.3, 0.4) is 0 Å². The molecule has 1 N–H and O–H groups in total. The van der Waals surface area contributed by atoms with Gasteiger partial charge in [0.15, 0.2) is 0 Å². The van der Waals surface area contributed by atoms with Crippen LogP contribution in [0.15, 0.2) is 0 Å². The number of piperazine rings is 1. The summed E-state index contributed by atoms with van der Waals surface area (Å²) in [7, 11) is 1.90. The summed E-state index contributed by atoms with van der Waals surface area (Å²) in [5.41, 5.74) is 0.00615. The van der Waals surface area contributed by atoms with E-state index in [9.17, 15) is 13.2 Å². The molecule has 1 saturated heterocycles. The first-order chi connectivity index (χ1) is 7.72. The van der Waals surface area contributed by atoms with Crippen molar-refractivity contribution in [3.8, 4) is 0 Å². The van der Waals surface area contributed by atoms with Crippen molar-refractivity contribution in [1.29, 1.82) is 0 Å². The average molecular weight is 253 g/mol. The predicted octanol–water partition coefficient (Wildman–Crippen LogP) is 1.16. The molecular weight excluding hydrogens is 231 g/mol. The highest BCUT2D eigenvalue weighted by Crippen LogP contribution is 2.18. The third-order valence-corrected chi connectivity index (χ3v) is 3.16. The molecule has 3 nitrogen and oxygen atoms in total. The molecule has 6 heteroatoms. The molecule has 0 aromatic rings. The molecule has 102 valence electrons. The highest BCUT2D eigenvalue weighted by atomic mass is 19.4. The number of halogens is 3. The summed E-state index contributed by atoms with van der Waals surface area (Å²) in [4.78, 5) is 3.69. The van der Waals surface area contributed by atoms with Crippen LogP contribution in [-0.4, -0.2) is 67.8 Å². The molecule has 0 atom stereocenters. The summed E-state index contributed by atoms with van der Waals surface area (Å²) in [5, 5.41) is 3.20. The monoisotopic (exact) mass is 253 g/mol. The fraction of sp³-hybridized carbons (Fsp3) is 1.00. The third kappa shape index (κ3) is 5.70. The Balaban J connectivity index is 2.31. The van der Waals surface area contributed by atoms with E-state index in [2.05, 4.69) is 24.1 Å². The second kappa shape index (κ2) is 5.54. The fourth-order valence-electron chi connectivity index (χ4n) is 2.00. The van der Waals surface area contributed by atoms with Gasteiger partial charge in [0, 0.05) is 38.3 Å². The van der Waals surface area contributed by atoms with Crippen LogP contribution in [0.5, 0.6) is 0 Å². The molecule has 0 aliphatic carbocycles. The quantitative estimate of drug-likeness (QED) is 0.811. The minimum absolute atomic E-state index is 0.00615. The Hall–Kier alpha value is -0.330. The maximum Gasteiger partial charge on any atom is 0.401 e. The highest BCUT2D eigenvalue weighted by molar-refractivity contribution is 4.83. The van der Waals surface area contributed by atoms with Gasteiger partial charge in [0.1, 0.15) is 0 Å². The van der Waals surface area contributed by atoms with Gasteiger partial charge in [-0.1, -0.05) is 0 Å². The van der Waals surface area contributed by atoms with E-state index < -0.39 is 12.7 Å². The maximum absolute atomic E-state index is 12.2. The predicted molar refractivity (Wildman–Crippen MR) is 62.1 cm³/mol. The van der Waals surface area contributed by atoms with Crippen molar-refractivity contribution in [3.63, 3.8) is 0 Å². The number of nitrogens with zero attached hydrogens (tertiary/aromatic N) is 2. The van der Waals surface area contributed by atoms with Gasteiger partial charge in [-0.05, 0) is 20.9 Å². The van der Waals surface area contributed by atoms with Crippen molar-refractivity contribution in [1.82, 2.24) is 15.1 Å². The van der Waals surface area contributed by atoms with E-state index in [0.29, 0.717) is 26.2 Å². The van der Waals surface area contributed by atoms with Crippen LogP contribution in [0.25, 0.3) is 0 Å². The van der Waals surface area contributed by atoms with Gasteiger partial charge in [-0.15, -0.1) is 0 Å². The third-order valence-electron chi connectivity index (χ3n) is 3.16. The standard InChI is InChI=1S/C11H22F3N3/c1-10(2,15-3)8-16-4-6-17(7-5-16)9-11(12,13)14/h15H,4-9H2,1-3H3.